The summed E-state index contributed by atoms with van der Waals surface area (Å²) in [6.45, 7) is 1.68. The summed E-state index contributed by atoms with van der Waals surface area (Å²) in [5, 5.41) is 14.6. The van der Waals surface area contributed by atoms with E-state index in [0.717, 1.165) is 11.0 Å². The lowest BCUT2D eigenvalue weighted by molar-refractivity contribution is -0.384. The minimum Gasteiger partial charge on any atom is -0.461 e. The Kier molecular flexibility index (Phi) is 4.13. The first kappa shape index (κ1) is 16.8. The number of fused-ring (bicyclic) bond motifs is 1. The molecule has 1 aromatic rings. The van der Waals surface area contributed by atoms with Crippen LogP contribution in [0.3, 0.4) is 0 Å². The van der Waals surface area contributed by atoms with Crippen LogP contribution in [0.5, 0.6) is 0 Å². The molecule has 0 saturated carbocycles. The van der Waals surface area contributed by atoms with Gasteiger partial charge in [-0.3, -0.25) is 25.1 Å². The van der Waals surface area contributed by atoms with Crippen LogP contribution in [0.4, 0.5) is 11.4 Å². The molecule has 0 aliphatic carbocycles. The highest BCUT2D eigenvalue weighted by molar-refractivity contribution is 6.46. The van der Waals surface area contributed by atoms with Crippen LogP contribution in [0.25, 0.3) is 0 Å². The summed E-state index contributed by atoms with van der Waals surface area (Å²) >= 11 is 5.74. The van der Waals surface area contributed by atoms with Gasteiger partial charge in [-0.25, -0.2) is 9.69 Å². The first-order valence-electron chi connectivity index (χ1n) is 7.18. The molecule has 1 aromatic carbocycles. The Hall–Kier alpha value is -3.01. The van der Waals surface area contributed by atoms with E-state index in [4.69, 9.17) is 16.3 Å². The van der Waals surface area contributed by atoms with Gasteiger partial charge in [0.1, 0.15) is 17.0 Å². The van der Waals surface area contributed by atoms with E-state index >= 15 is 0 Å². The van der Waals surface area contributed by atoms with Gasteiger partial charge in [0, 0.05) is 6.07 Å². The number of carbonyl (C=O) groups is 3. The summed E-state index contributed by atoms with van der Waals surface area (Å²) in [5.74, 6) is -3.33. The third-order valence-electron chi connectivity index (χ3n) is 3.79. The number of nitrogens with zero attached hydrogens (tertiary/aromatic N) is 3. The molecule has 25 heavy (non-hydrogen) atoms. The fourth-order valence-electron chi connectivity index (χ4n) is 2.70. The van der Waals surface area contributed by atoms with Crippen molar-refractivity contribution in [1.29, 1.82) is 0 Å². The first-order valence-corrected chi connectivity index (χ1v) is 7.56. The molecule has 0 aromatic heterocycles. The van der Waals surface area contributed by atoms with Gasteiger partial charge in [0.25, 0.3) is 11.6 Å². The number of benzene rings is 1. The maximum Gasteiger partial charge on any atom is 0.355 e. The van der Waals surface area contributed by atoms with E-state index in [1.54, 1.807) is 6.92 Å². The fourth-order valence-corrected chi connectivity index (χ4v) is 2.88. The summed E-state index contributed by atoms with van der Waals surface area (Å²) in [7, 11) is 0. The quantitative estimate of drug-likeness (QED) is 0.357. The van der Waals surface area contributed by atoms with E-state index < -0.39 is 40.4 Å². The van der Waals surface area contributed by atoms with Crippen LogP contribution in [0.1, 0.15) is 6.92 Å². The molecule has 10 nitrogen and oxygen atoms in total. The van der Waals surface area contributed by atoms with E-state index in [9.17, 15) is 24.5 Å². The Bertz CT molecular complexity index is 839. The zero-order valence-electron chi connectivity index (χ0n) is 12.8. The summed E-state index contributed by atoms with van der Waals surface area (Å²) in [5.41, 5.74) is 1.80. The van der Waals surface area contributed by atoms with Crippen molar-refractivity contribution in [3.8, 4) is 0 Å². The standard InChI is InChI=1S/C14H11ClN4O6/c1-2-25-14(22)11-9-10(16-17-11)13(21)18(12(9)20)6-3-4-7(15)8(5-6)19(23)24/h3-5,9-10,16H,2H2,1H3/t9-,10+/m0/s1. The van der Waals surface area contributed by atoms with Crippen LogP contribution in [-0.4, -0.2) is 41.1 Å². The molecule has 0 bridgehead atoms. The summed E-state index contributed by atoms with van der Waals surface area (Å²) < 4.78 is 4.83. The second-order valence-corrected chi connectivity index (χ2v) is 5.61. The molecule has 3 rings (SSSR count). The van der Waals surface area contributed by atoms with E-state index in [1.807, 2.05) is 0 Å². The van der Waals surface area contributed by atoms with Gasteiger partial charge in [-0.2, -0.15) is 5.10 Å². The van der Waals surface area contributed by atoms with E-state index in [0.29, 0.717) is 0 Å². The van der Waals surface area contributed by atoms with Gasteiger partial charge in [0.2, 0.25) is 5.91 Å². The molecule has 0 spiro atoms. The Morgan fingerprint density at radius 3 is 2.80 bits per heavy atom. The SMILES string of the molecule is CCOC(=O)C1=NN[C@H]2C(=O)N(c3ccc(Cl)c([N+](=O)[O-])c3)C(=O)[C@H]12. The van der Waals surface area contributed by atoms with Crippen LogP contribution in [0, 0.1) is 16.0 Å². The summed E-state index contributed by atoms with van der Waals surface area (Å²) in [6, 6.07) is 2.51. The molecule has 0 radical (unpaired) electrons. The number of hydrazone groups is 1. The molecule has 2 heterocycles. The van der Waals surface area contributed by atoms with Crippen LogP contribution in [-0.2, 0) is 19.1 Å². The minimum absolute atomic E-state index is 0.00879. The van der Waals surface area contributed by atoms with Crippen molar-refractivity contribution < 1.29 is 24.0 Å². The smallest absolute Gasteiger partial charge is 0.355 e. The van der Waals surface area contributed by atoms with Crippen LogP contribution in [0.2, 0.25) is 5.02 Å². The second-order valence-electron chi connectivity index (χ2n) is 5.21. The lowest BCUT2D eigenvalue weighted by Crippen LogP contribution is -2.36. The first-order chi connectivity index (χ1) is 11.9. The van der Waals surface area contributed by atoms with Crippen molar-refractivity contribution in [2.45, 2.75) is 13.0 Å². The highest BCUT2D eigenvalue weighted by Gasteiger charge is 2.55. The number of nitro benzene ring substituents is 1. The number of anilines is 1. The normalized spacial score (nSPS) is 21.7. The Morgan fingerprint density at radius 1 is 1.44 bits per heavy atom. The van der Waals surface area contributed by atoms with Gasteiger partial charge in [-0.15, -0.1) is 0 Å². The number of nitro groups is 1. The highest BCUT2D eigenvalue weighted by Crippen LogP contribution is 2.35. The number of imide groups is 1. The van der Waals surface area contributed by atoms with E-state index in [2.05, 4.69) is 10.5 Å². The average Bonchev–Trinajstić information content (AvgIpc) is 3.10. The van der Waals surface area contributed by atoms with Crippen molar-refractivity contribution >= 4 is 46.5 Å². The number of carbonyl (C=O) groups excluding carboxylic acids is 3. The predicted octanol–water partition coefficient (Wildman–Crippen LogP) is 0.628. The van der Waals surface area contributed by atoms with E-state index in [1.165, 1.54) is 12.1 Å². The van der Waals surface area contributed by atoms with Crippen LogP contribution < -0.4 is 10.3 Å². The molecule has 2 atom stereocenters. The zero-order chi connectivity index (χ0) is 18.3. The number of amides is 2. The molecule has 0 unspecified atom stereocenters. The topological polar surface area (TPSA) is 131 Å². The molecule has 2 aliphatic heterocycles. The molecule has 1 fully saturated rings. The molecular formula is C14H11ClN4O6. The highest BCUT2D eigenvalue weighted by atomic mass is 35.5. The van der Waals surface area contributed by atoms with Crippen molar-refractivity contribution in [3.05, 3.63) is 33.3 Å². The number of hydrogen-bond acceptors (Lipinski definition) is 8. The Balaban J connectivity index is 1.96. The van der Waals surface area contributed by atoms with Gasteiger partial charge in [-0.1, -0.05) is 11.6 Å². The summed E-state index contributed by atoms with van der Waals surface area (Å²) in [6.07, 6.45) is 0. The van der Waals surface area contributed by atoms with E-state index in [-0.39, 0.29) is 23.0 Å². The molecule has 2 amide bonds. The van der Waals surface area contributed by atoms with Crippen molar-refractivity contribution in [2.24, 2.45) is 11.0 Å². The second kappa shape index (κ2) is 6.13. The van der Waals surface area contributed by atoms with Crippen LogP contribution in [0.15, 0.2) is 23.3 Å². The average molecular weight is 367 g/mol. The molecule has 130 valence electrons. The van der Waals surface area contributed by atoms with Crippen LogP contribution >= 0.6 is 11.6 Å². The van der Waals surface area contributed by atoms with Crippen molar-refractivity contribution in [1.82, 2.24) is 5.43 Å². The number of esters is 1. The Labute approximate surface area is 145 Å². The number of nitrogens with one attached hydrogen (secondary N) is 1. The maximum absolute atomic E-state index is 12.7. The van der Waals surface area contributed by atoms with Gasteiger partial charge in [-0.05, 0) is 19.1 Å². The van der Waals surface area contributed by atoms with Gasteiger partial charge < -0.3 is 4.74 Å². The molecule has 2 aliphatic rings. The number of hydrogen-bond donors (Lipinski definition) is 1. The molecule has 1 N–H and O–H groups in total. The lowest BCUT2D eigenvalue weighted by Gasteiger charge is -2.15. The third kappa shape index (κ3) is 2.60. The monoisotopic (exact) mass is 366 g/mol. The third-order valence-corrected chi connectivity index (χ3v) is 4.11. The Morgan fingerprint density at radius 2 is 2.16 bits per heavy atom. The number of ether oxygens (including phenoxy) is 1. The zero-order valence-corrected chi connectivity index (χ0v) is 13.5. The van der Waals surface area contributed by atoms with Gasteiger partial charge >= 0.3 is 5.97 Å². The fraction of sp³-hybridized carbons (Fsp3) is 0.286. The lowest BCUT2D eigenvalue weighted by atomic mass is 9.99. The molecule has 11 heteroatoms. The number of halogens is 1. The molecular weight excluding hydrogens is 356 g/mol. The summed E-state index contributed by atoms with van der Waals surface area (Å²) in [4.78, 5) is 48.1. The van der Waals surface area contributed by atoms with Crippen molar-refractivity contribution in [3.63, 3.8) is 0 Å². The minimum atomic E-state index is -1.14. The maximum atomic E-state index is 12.7. The number of rotatable bonds is 4. The van der Waals surface area contributed by atoms with Gasteiger partial charge in [0.15, 0.2) is 5.71 Å². The predicted molar refractivity (Wildman–Crippen MR) is 85.1 cm³/mol. The van der Waals surface area contributed by atoms with Crippen molar-refractivity contribution in [2.75, 3.05) is 11.5 Å². The van der Waals surface area contributed by atoms with Gasteiger partial charge in [0.05, 0.1) is 17.2 Å². The molecule has 1 saturated heterocycles. The largest absolute Gasteiger partial charge is 0.461 e.